The lowest BCUT2D eigenvalue weighted by Crippen LogP contribution is -2.15. The number of hydrogen-bond donors (Lipinski definition) is 1. The molecule has 4 heterocycles. The summed E-state index contributed by atoms with van der Waals surface area (Å²) in [6.07, 6.45) is 0.200. The van der Waals surface area contributed by atoms with Gasteiger partial charge in [-0.15, -0.1) is 44.2 Å². The van der Waals surface area contributed by atoms with Gasteiger partial charge in [0.2, 0.25) is 5.91 Å². The van der Waals surface area contributed by atoms with Crippen LogP contribution in [0.1, 0.15) is 28.6 Å². The molecule has 0 radical (unpaired) electrons. The standard InChI is InChI=1S/C19H18N4O3S4/c1-2-26-18(25)16-11(15-12(30-16)6-9-28-15)10-29-19-22-21-17(13-4-3-8-27-13)23(19)7-5-14(20)24/h3-4,6,8-9H,2,5,7,10H2,1H3,(H2,20,24). The molecule has 0 saturated heterocycles. The molecule has 30 heavy (non-hydrogen) atoms. The Morgan fingerprint density at radius 1 is 1.23 bits per heavy atom. The average molecular weight is 479 g/mol. The molecule has 4 rings (SSSR count). The number of fused-ring (bicyclic) bond motifs is 1. The highest BCUT2D eigenvalue weighted by Crippen LogP contribution is 2.39. The van der Waals surface area contributed by atoms with E-state index in [1.54, 1.807) is 29.6 Å². The van der Waals surface area contributed by atoms with Crippen molar-refractivity contribution in [2.75, 3.05) is 6.61 Å². The smallest absolute Gasteiger partial charge is 0.348 e. The van der Waals surface area contributed by atoms with Gasteiger partial charge in [0.25, 0.3) is 0 Å². The number of rotatable bonds is 9. The fraction of sp³-hybridized carbons (Fsp3) is 0.263. The van der Waals surface area contributed by atoms with Crippen molar-refractivity contribution in [3.8, 4) is 10.7 Å². The number of hydrogen-bond acceptors (Lipinski definition) is 9. The Bertz CT molecular complexity index is 1180. The number of esters is 1. The van der Waals surface area contributed by atoms with Crippen LogP contribution >= 0.6 is 45.8 Å². The van der Waals surface area contributed by atoms with Gasteiger partial charge in [0.05, 0.1) is 11.5 Å². The van der Waals surface area contributed by atoms with Crippen LogP contribution in [0.3, 0.4) is 0 Å². The van der Waals surface area contributed by atoms with Crippen LogP contribution in [0.5, 0.6) is 0 Å². The van der Waals surface area contributed by atoms with Crippen molar-refractivity contribution in [2.24, 2.45) is 5.73 Å². The number of ether oxygens (including phenoxy) is 1. The van der Waals surface area contributed by atoms with Gasteiger partial charge in [-0.25, -0.2) is 4.79 Å². The number of primary amides is 1. The van der Waals surface area contributed by atoms with Gasteiger partial charge in [0.15, 0.2) is 11.0 Å². The first-order chi connectivity index (χ1) is 14.6. The molecule has 0 fully saturated rings. The van der Waals surface area contributed by atoms with E-state index in [1.165, 1.54) is 23.1 Å². The van der Waals surface area contributed by atoms with E-state index in [9.17, 15) is 9.59 Å². The van der Waals surface area contributed by atoms with Crippen LogP contribution in [-0.2, 0) is 21.8 Å². The van der Waals surface area contributed by atoms with E-state index in [-0.39, 0.29) is 18.3 Å². The maximum atomic E-state index is 12.4. The van der Waals surface area contributed by atoms with Crippen LogP contribution in [0.4, 0.5) is 0 Å². The normalized spacial score (nSPS) is 11.2. The summed E-state index contributed by atoms with van der Waals surface area (Å²) in [6, 6.07) is 5.94. The van der Waals surface area contributed by atoms with Crippen LogP contribution in [0.15, 0.2) is 34.1 Å². The molecule has 11 heteroatoms. The number of amides is 1. The minimum atomic E-state index is -0.375. The molecule has 4 aromatic rings. The second-order valence-corrected chi connectivity index (χ2v) is 10.0. The molecule has 4 aromatic heterocycles. The molecule has 1 amide bonds. The van der Waals surface area contributed by atoms with Crippen molar-refractivity contribution in [2.45, 2.75) is 30.8 Å². The summed E-state index contributed by atoms with van der Waals surface area (Å²) >= 11 is 6.12. The molecular formula is C19H18N4O3S4. The van der Waals surface area contributed by atoms with E-state index in [1.807, 2.05) is 33.5 Å². The molecule has 2 N–H and O–H groups in total. The van der Waals surface area contributed by atoms with Crippen LogP contribution in [0, 0.1) is 0 Å². The fourth-order valence-corrected chi connectivity index (χ4v) is 7.08. The van der Waals surface area contributed by atoms with Crippen molar-refractivity contribution in [1.82, 2.24) is 14.8 Å². The van der Waals surface area contributed by atoms with E-state index in [4.69, 9.17) is 10.5 Å². The van der Waals surface area contributed by atoms with Gasteiger partial charge in [-0.2, -0.15) is 0 Å². The number of nitrogens with zero attached hydrogens (tertiary/aromatic N) is 3. The minimum absolute atomic E-state index is 0.200. The molecule has 0 bridgehead atoms. The highest BCUT2D eigenvalue weighted by atomic mass is 32.2. The van der Waals surface area contributed by atoms with Gasteiger partial charge < -0.3 is 15.0 Å². The number of thiophene rings is 3. The topological polar surface area (TPSA) is 100 Å². The molecule has 0 aliphatic heterocycles. The van der Waals surface area contributed by atoms with E-state index >= 15 is 0 Å². The lowest BCUT2D eigenvalue weighted by atomic mass is 10.3. The third-order valence-electron chi connectivity index (χ3n) is 4.24. The van der Waals surface area contributed by atoms with Gasteiger partial charge in [-0.1, -0.05) is 17.8 Å². The fourth-order valence-electron chi connectivity index (χ4n) is 2.91. The third-order valence-corrected chi connectivity index (χ3v) is 8.38. The molecule has 0 saturated carbocycles. The maximum absolute atomic E-state index is 12.4. The zero-order valence-electron chi connectivity index (χ0n) is 16.0. The molecule has 0 unspecified atom stereocenters. The molecule has 0 aliphatic carbocycles. The molecular weight excluding hydrogens is 461 g/mol. The number of nitrogens with two attached hydrogens (primary N) is 1. The Morgan fingerprint density at radius 2 is 2.10 bits per heavy atom. The van der Waals surface area contributed by atoms with Crippen LogP contribution in [0.2, 0.25) is 0 Å². The molecule has 0 aromatic carbocycles. The Hall–Kier alpha value is -2.21. The predicted molar refractivity (Wildman–Crippen MR) is 122 cm³/mol. The first-order valence-electron chi connectivity index (χ1n) is 9.12. The molecule has 0 aliphatic rings. The quantitative estimate of drug-likeness (QED) is 0.278. The number of thioether (sulfide) groups is 1. The Morgan fingerprint density at radius 3 is 2.83 bits per heavy atom. The van der Waals surface area contributed by atoms with Gasteiger partial charge in [0.1, 0.15) is 4.88 Å². The van der Waals surface area contributed by atoms with Crippen molar-refractivity contribution in [3.63, 3.8) is 0 Å². The zero-order valence-corrected chi connectivity index (χ0v) is 19.3. The molecule has 156 valence electrons. The Balaban J connectivity index is 1.64. The first-order valence-corrected chi connectivity index (χ1v) is 12.7. The van der Waals surface area contributed by atoms with Crippen molar-refractivity contribution >= 4 is 67.0 Å². The van der Waals surface area contributed by atoms with Gasteiger partial charge >= 0.3 is 5.97 Å². The lowest BCUT2D eigenvalue weighted by Gasteiger charge is -2.09. The summed E-state index contributed by atoms with van der Waals surface area (Å²) in [4.78, 5) is 25.4. The van der Waals surface area contributed by atoms with Crippen molar-refractivity contribution in [3.05, 3.63) is 39.4 Å². The number of aromatic nitrogens is 3. The summed E-state index contributed by atoms with van der Waals surface area (Å²) in [5, 5.41) is 13.4. The van der Waals surface area contributed by atoms with E-state index < -0.39 is 0 Å². The minimum Gasteiger partial charge on any atom is -0.462 e. The van der Waals surface area contributed by atoms with Gasteiger partial charge in [0, 0.05) is 33.7 Å². The molecule has 0 spiro atoms. The summed E-state index contributed by atoms with van der Waals surface area (Å²) in [5.74, 6) is 0.592. The van der Waals surface area contributed by atoms with Gasteiger partial charge in [-0.3, -0.25) is 4.79 Å². The summed E-state index contributed by atoms with van der Waals surface area (Å²) in [7, 11) is 0. The summed E-state index contributed by atoms with van der Waals surface area (Å²) in [5.41, 5.74) is 6.32. The van der Waals surface area contributed by atoms with Crippen LogP contribution < -0.4 is 5.73 Å². The molecule has 7 nitrogen and oxygen atoms in total. The predicted octanol–water partition coefficient (Wildman–Crippen LogP) is 4.63. The van der Waals surface area contributed by atoms with Crippen molar-refractivity contribution < 1.29 is 14.3 Å². The van der Waals surface area contributed by atoms with Crippen LogP contribution in [0.25, 0.3) is 20.1 Å². The third kappa shape index (κ3) is 4.29. The summed E-state index contributed by atoms with van der Waals surface area (Å²) in [6.45, 7) is 2.54. The average Bonchev–Trinajstić information content (AvgIpc) is 3.48. The zero-order chi connectivity index (χ0) is 21.1. The number of carbonyl (C=O) groups excluding carboxylic acids is 2. The lowest BCUT2D eigenvalue weighted by molar-refractivity contribution is -0.118. The Kier molecular flexibility index (Phi) is 6.52. The first kappa shape index (κ1) is 21.0. The Labute approximate surface area is 188 Å². The highest BCUT2D eigenvalue weighted by Gasteiger charge is 2.22. The summed E-state index contributed by atoms with van der Waals surface area (Å²) < 4.78 is 9.34. The van der Waals surface area contributed by atoms with E-state index in [0.717, 1.165) is 19.8 Å². The second kappa shape index (κ2) is 9.29. The number of carbonyl (C=O) groups is 2. The van der Waals surface area contributed by atoms with Crippen LogP contribution in [-0.4, -0.2) is 33.2 Å². The monoisotopic (exact) mass is 478 g/mol. The SMILES string of the molecule is CCOC(=O)c1sc2ccsc2c1CSc1nnc(-c2cccs2)n1CCC(N)=O. The van der Waals surface area contributed by atoms with Crippen molar-refractivity contribution in [1.29, 1.82) is 0 Å². The largest absolute Gasteiger partial charge is 0.462 e. The van der Waals surface area contributed by atoms with E-state index in [2.05, 4.69) is 10.2 Å². The maximum Gasteiger partial charge on any atom is 0.348 e. The van der Waals surface area contributed by atoms with E-state index in [0.29, 0.717) is 34.8 Å². The van der Waals surface area contributed by atoms with Gasteiger partial charge in [-0.05, 0) is 29.8 Å². The second-order valence-electron chi connectivity index (χ2n) is 6.18. The molecule has 0 atom stereocenters. The highest BCUT2D eigenvalue weighted by molar-refractivity contribution is 7.98.